The summed E-state index contributed by atoms with van der Waals surface area (Å²) >= 11 is 0. The average Bonchev–Trinajstić information content (AvgIpc) is 2.71. The maximum absolute atomic E-state index is 12.2. The van der Waals surface area contributed by atoms with Crippen LogP contribution in [-0.4, -0.2) is 47.7 Å². The third kappa shape index (κ3) is 3.40. The zero-order chi connectivity index (χ0) is 14.8. The van der Waals surface area contributed by atoms with Crippen molar-refractivity contribution in [1.82, 2.24) is 15.3 Å². The van der Waals surface area contributed by atoms with Crippen LogP contribution < -0.4 is 5.43 Å². The van der Waals surface area contributed by atoms with Gasteiger partial charge in [-0.1, -0.05) is 18.2 Å². The topological polar surface area (TPSA) is 52.7 Å². The van der Waals surface area contributed by atoms with E-state index in [9.17, 15) is 22.8 Å². The fraction of sp³-hybridized carbons (Fsp3) is 0.333. The lowest BCUT2D eigenvalue weighted by molar-refractivity contribution is -0.138. The molecule has 8 heteroatoms. The third-order valence-corrected chi connectivity index (χ3v) is 2.74. The summed E-state index contributed by atoms with van der Waals surface area (Å²) in [4.78, 5) is 24.1. The zero-order valence-corrected chi connectivity index (χ0v) is 10.4. The Balaban J connectivity index is 1.95. The summed E-state index contributed by atoms with van der Waals surface area (Å²) in [5.74, 6) is -0.534. The van der Waals surface area contributed by atoms with Crippen molar-refractivity contribution in [3.8, 4) is 0 Å². The highest BCUT2D eigenvalue weighted by atomic mass is 19.4. The number of nitrogens with zero attached hydrogens (tertiary/aromatic N) is 2. The van der Waals surface area contributed by atoms with E-state index in [4.69, 9.17) is 0 Å². The molecule has 1 saturated heterocycles. The van der Waals surface area contributed by atoms with Crippen LogP contribution in [0.5, 0.6) is 0 Å². The van der Waals surface area contributed by atoms with E-state index < -0.39 is 24.7 Å². The summed E-state index contributed by atoms with van der Waals surface area (Å²) in [5.41, 5.74) is 2.62. The lowest BCUT2D eigenvalue weighted by Crippen LogP contribution is -2.46. The van der Waals surface area contributed by atoms with E-state index in [1.807, 2.05) is 0 Å². The number of halogens is 3. The van der Waals surface area contributed by atoms with E-state index in [0.717, 1.165) is 5.01 Å². The van der Waals surface area contributed by atoms with Crippen molar-refractivity contribution in [3.05, 3.63) is 35.9 Å². The number of carbonyl (C=O) groups is 2. The van der Waals surface area contributed by atoms with E-state index in [2.05, 4.69) is 5.43 Å². The predicted octanol–water partition coefficient (Wildman–Crippen LogP) is 1.63. The van der Waals surface area contributed by atoms with Crippen LogP contribution in [0.3, 0.4) is 0 Å². The first kappa shape index (κ1) is 14.2. The van der Waals surface area contributed by atoms with Gasteiger partial charge < -0.3 is 4.90 Å². The molecule has 1 fully saturated rings. The Morgan fingerprint density at radius 2 is 1.85 bits per heavy atom. The molecule has 5 nitrogen and oxygen atoms in total. The van der Waals surface area contributed by atoms with E-state index in [1.165, 1.54) is 0 Å². The van der Waals surface area contributed by atoms with Gasteiger partial charge in [0.15, 0.2) is 0 Å². The number of benzene rings is 1. The predicted molar refractivity (Wildman–Crippen MR) is 63.6 cm³/mol. The first-order chi connectivity index (χ1) is 9.37. The van der Waals surface area contributed by atoms with Gasteiger partial charge in [-0.25, -0.2) is 9.80 Å². The van der Waals surface area contributed by atoms with Crippen LogP contribution >= 0.6 is 0 Å². The summed E-state index contributed by atoms with van der Waals surface area (Å²) in [6.45, 7) is -1.37. The second-order valence-electron chi connectivity index (χ2n) is 4.28. The first-order valence-electron chi connectivity index (χ1n) is 5.86. The normalized spacial score (nSPS) is 15.7. The van der Waals surface area contributed by atoms with Gasteiger partial charge in [0.2, 0.25) is 0 Å². The van der Waals surface area contributed by atoms with Gasteiger partial charge >= 0.3 is 12.2 Å². The Labute approximate surface area is 112 Å². The van der Waals surface area contributed by atoms with Crippen LogP contribution in [-0.2, 0) is 0 Å². The summed E-state index contributed by atoms with van der Waals surface area (Å²) in [7, 11) is 0. The van der Waals surface area contributed by atoms with Gasteiger partial charge in [0.1, 0.15) is 6.54 Å². The molecule has 0 unspecified atom stereocenters. The second-order valence-corrected chi connectivity index (χ2v) is 4.28. The quantitative estimate of drug-likeness (QED) is 0.918. The van der Waals surface area contributed by atoms with Gasteiger partial charge in [-0.3, -0.25) is 10.2 Å². The number of urea groups is 1. The monoisotopic (exact) mass is 287 g/mol. The van der Waals surface area contributed by atoms with Crippen molar-refractivity contribution in [2.24, 2.45) is 0 Å². The number of amides is 3. The molecular formula is C12H12F3N3O2. The SMILES string of the molecule is O=C(NN1CCN(CC(F)(F)F)C1=O)c1ccccc1. The molecule has 108 valence electrons. The maximum atomic E-state index is 12.2. The number of hydrazine groups is 1. The maximum Gasteiger partial charge on any atom is 0.406 e. The minimum Gasteiger partial charge on any atom is -0.312 e. The van der Waals surface area contributed by atoms with Gasteiger partial charge in [-0.2, -0.15) is 13.2 Å². The Morgan fingerprint density at radius 3 is 2.45 bits per heavy atom. The smallest absolute Gasteiger partial charge is 0.312 e. The van der Waals surface area contributed by atoms with E-state index in [0.29, 0.717) is 10.5 Å². The van der Waals surface area contributed by atoms with Crippen molar-refractivity contribution in [3.63, 3.8) is 0 Å². The Kier molecular flexibility index (Phi) is 3.82. The van der Waals surface area contributed by atoms with E-state index in [1.54, 1.807) is 30.3 Å². The molecule has 1 aromatic rings. The van der Waals surface area contributed by atoms with Crippen LogP contribution in [0.15, 0.2) is 30.3 Å². The van der Waals surface area contributed by atoms with Crippen LogP contribution in [0.25, 0.3) is 0 Å². The number of hydrogen-bond donors (Lipinski definition) is 1. The Morgan fingerprint density at radius 1 is 1.20 bits per heavy atom. The molecule has 0 bridgehead atoms. The summed E-state index contributed by atoms with van der Waals surface area (Å²) in [6, 6.07) is 7.26. The zero-order valence-electron chi connectivity index (χ0n) is 10.4. The Bertz CT molecular complexity index is 504. The molecule has 1 aliphatic rings. The highest BCUT2D eigenvalue weighted by molar-refractivity contribution is 5.95. The van der Waals surface area contributed by atoms with Crippen LogP contribution in [0.2, 0.25) is 0 Å². The van der Waals surface area contributed by atoms with Crippen molar-refractivity contribution in [1.29, 1.82) is 0 Å². The van der Waals surface area contributed by atoms with Crippen molar-refractivity contribution >= 4 is 11.9 Å². The number of carbonyl (C=O) groups excluding carboxylic acids is 2. The second kappa shape index (κ2) is 5.40. The van der Waals surface area contributed by atoms with E-state index in [-0.39, 0.29) is 13.1 Å². The molecule has 0 aliphatic carbocycles. The lowest BCUT2D eigenvalue weighted by atomic mass is 10.2. The number of alkyl halides is 3. The Hall–Kier alpha value is -2.25. The largest absolute Gasteiger partial charge is 0.406 e. The molecule has 1 aromatic carbocycles. The first-order valence-corrected chi connectivity index (χ1v) is 5.86. The molecule has 3 amide bonds. The fourth-order valence-corrected chi connectivity index (χ4v) is 1.83. The molecule has 0 atom stereocenters. The molecule has 1 heterocycles. The number of nitrogens with one attached hydrogen (secondary N) is 1. The van der Waals surface area contributed by atoms with Crippen LogP contribution in [0, 0.1) is 0 Å². The van der Waals surface area contributed by atoms with Crippen molar-refractivity contribution in [2.45, 2.75) is 6.18 Å². The summed E-state index contributed by atoms with van der Waals surface area (Å²) < 4.78 is 36.7. The van der Waals surface area contributed by atoms with E-state index >= 15 is 0 Å². The molecule has 1 N–H and O–H groups in total. The van der Waals surface area contributed by atoms with Gasteiger partial charge in [-0.05, 0) is 12.1 Å². The van der Waals surface area contributed by atoms with Gasteiger partial charge in [-0.15, -0.1) is 0 Å². The minimum atomic E-state index is -4.45. The molecule has 0 radical (unpaired) electrons. The summed E-state index contributed by atoms with van der Waals surface area (Å²) in [6.07, 6.45) is -4.45. The van der Waals surface area contributed by atoms with Crippen LogP contribution in [0.4, 0.5) is 18.0 Å². The third-order valence-electron chi connectivity index (χ3n) is 2.74. The highest BCUT2D eigenvalue weighted by Crippen LogP contribution is 2.19. The minimum absolute atomic E-state index is 0.0213. The lowest BCUT2D eigenvalue weighted by Gasteiger charge is -2.20. The molecule has 1 aliphatic heterocycles. The fourth-order valence-electron chi connectivity index (χ4n) is 1.83. The highest BCUT2D eigenvalue weighted by Gasteiger charge is 2.38. The number of hydrogen-bond acceptors (Lipinski definition) is 2. The molecule has 0 saturated carbocycles. The molecule has 0 aromatic heterocycles. The summed E-state index contributed by atoms with van der Waals surface area (Å²) in [5, 5.41) is 0.890. The number of rotatable bonds is 3. The van der Waals surface area contributed by atoms with Gasteiger partial charge in [0, 0.05) is 12.1 Å². The standard InChI is InChI=1S/C12H12F3N3O2/c13-12(14,15)8-17-6-7-18(11(17)20)16-10(19)9-4-2-1-3-5-9/h1-5H,6-8H2,(H,16,19). The van der Waals surface area contributed by atoms with Gasteiger partial charge in [0.05, 0.1) is 6.54 Å². The average molecular weight is 287 g/mol. The molecular weight excluding hydrogens is 275 g/mol. The molecule has 20 heavy (non-hydrogen) atoms. The van der Waals surface area contributed by atoms with Gasteiger partial charge in [0.25, 0.3) is 5.91 Å². The van der Waals surface area contributed by atoms with Crippen molar-refractivity contribution in [2.75, 3.05) is 19.6 Å². The van der Waals surface area contributed by atoms with Crippen LogP contribution in [0.1, 0.15) is 10.4 Å². The molecule has 2 rings (SSSR count). The molecule has 0 spiro atoms. The van der Waals surface area contributed by atoms with Crippen molar-refractivity contribution < 1.29 is 22.8 Å².